The maximum absolute atomic E-state index is 13.2. The van der Waals surface area contributed by atoms with Gasteiger partial charge in [-0.3, -0.25) is 0 Å². The van der Waals surface area contributed by atoms with Crippen LogP contribution in [0.25, 0.3) is 0 Å². The van der Waals surface area contributed by atoms with Gasteiger partial charge in [-0.1, -0.05) is 54.6 Å². The number of hydrogen-bond donors (Lipinski definition) is 2. The second kappa shape index (κ2) is 8.02. The minimum Gasteiger partial charge on any atom is -0.211 e. The lowest BCUT2D eigenvalue weighted by atomic mass is 9.59. The second-order valence-corrected chi connectivity index (χ2v) is 13.0. The van der Waals surface area contributed by atoms with Gasteiger partial charge in [-0.15, -0.1) is 0 Å². The average Bonchev–Trinajstić information content (AvgIpc) is 3.66. The van der Waals surface area contributed by atoms with Gasteiger partial charge < -0.3 is 0 Å². The van der Waals surface area contributed by atoms with Crippen LogP contribution in [0.1, 0.15) is 53.4 Å². The van der Waals surface area contributed by atoms with Gasteiger partial charge in [0.05, 0.1) is 9.79 Å². The fourth-order valence-corrected chi connectivity index (χ4v) is 8.12. The van der Waals surface area contributed by atoms with Gasteiger partial charge in [-0.05, 0) is 65.6 Å². The smallest absolute Gasteiger partial charge is 0.211 e. The molecule has 0 aliphatic heterocycles. The van der Waals surface area contributed by atoms with E-state index in [1.165, 1.54) is 46.5 Å². The zero-order valence-electron chi connectivity index (χ0n) is 18.5. The standard InChI is InChI=1S/C26H26N2O4S2/c29-33(30,19-6-5-7-20(15-19)34(31,32)28-18-12-13-18)27-16-17-14-25-21-8-1-3-10-23(21)26(17)24-11-4-2-9-22(24)25/h1-11,15,17-18,25-28H,12-14,16H2. The van der Waals surface area contributed by atoms with Crippen LogP contribution in [-0.2, 0) is 20.0 Å². The summed E-state index contributed by atoms with van der Waals surface area (Å²) in [5.41, 5.74) is 5.24. The summed E-state index contributed by atoms with van der Waals surface area (Å²) in [7, 11) is -7.60. The van der Waals surface area contributed by atoms with E-state index in [1.54, 1.807) is 0 Å². The molecule has 0 radical (unpaired) electrons. The zero-order valence-corrected chi connectivity index (χ0v) is 20.1. The van der Waals surface area contributed by atoms with E-state index in [0.717, 1.165) is 19.3 Å². The van der Waals surface area contributed by atoms with Crippen molar-refractivity contribution in [2.45, 2.75) is 46.9 Å². The first-order chi connectivity index (χ1) is 16.3. The summed E-state index contributed by atoms with van der Waals surface area (Å²) in [6, 6.07) is 22.5. The maximum atomic E-state index is 13.2. The molecule has 1 unspecified atom stereocenters. The molecule has 1 atom stereocenters. The van der Waals surface area contributed by atoms with E-state index < -0.39 is 20.0 Å². The van der Waals surface area contributed by atoms with Crippen LogP contribution in [-0.4, -0.2) is 29.4 Å². The molecule has 0 amide bonds. The molecule has 0 heterocycles. The summed E-state index contributed by atoms with van der Waals surface area (Å²) in [6.45, 7) is 0.295. The Labute approximate surface area is 200 Å². The van der Waals surface area contributed by atoms with E-state index in [0.29, 0.717) is 6.54 Å². The van der Waals surface area contributed by atoms with Crippen LogP contribution >= 0.6 is 0 Å². The molecule has 8 heteroatoms. The fraction of sp³-hybridized carbons (Fsp3) is 0.308. The van der Waals surface area contributed by atoms with Gasteiger partial charge in [-0.2, -0.15) is 0 Å². The highest BCUT2D eigenvalue weighted by atomic mass is 32.2. The molecule has 6 nitrogen and oxygen atoms in total. The zero-order chi connectivity index (χ0) is 23.5. The third-order valence-electron chi connectivity index (χ3n) is 7.28. The Hall–Kier alpha value is -2.52. The summed E-state index contributed by atoms with van der Waals surface area (Å²) < 4.78 is 56.8. The number of fused-ring (bicyclic) bond motifs is 1. The first-order valence-corrected chi connectivity index (χ1v) is 14.6. The van der Waals surface area contributed by atoms with Crippen molar-refractivity contribution in [2.24, 2.45) is 5.92 Å². The Morgan fingerprint density at radius 1 is 0.706 bits per heavy atom. The van der Waals surface area contributed by atoms with Gasteiger partial charge in [0.15, 0.2) is 0 Å². The SMILES string of the molecule is O=S(=O)(NCC1CC2c3ccccc3C1c1ccccc12)c1cccc(S(=O)(=O)NC2CC2)c1. The quantitative estimate of drug-likeness (QED) is 0.524. The molecule has 4 aliphatic rings. The molecule has 176 valence electrons. The number of nitrogens with one attached hydrogen (secondary N) is 2. The first-order valence-electron chi connectivity index (χ1n) is 11.6. The third kappa shape index (κ3) is 3.79. The fourth-order valence-electron chi connectivity index (χ4n) is 5.56. The van der Waals surface area contributed by atoms with Crippen LogP contribution in [0.2, 0.25) is 0 Å². The summed E-state index contributed by atoms with van der Waals surface area (Å²) in [5, 5.41) is 0. The van der Waals surface area contributed by atoms with Crippen molar-refractivity contribution in [1.29, 1.82) is 0 Å². The molecule has 4 aliphatic carbocycles. The molecule has 2 N–H and O–H groups in total. The molecule has 0 spiro atoms. The summed E-state index contributed by atoms with van der Waals surface area (Å²) in [4.78, 5) is -0.0604. The van der Waals surface area contributed by atoms with Crippen molar-refractivity contribution >= 4 is 20.0 Å². The molecule has 2 bridgehead atoms. The minimum absolute atomic E-state index is 0.0261. The number of benzene rings is 3. The lowest BCUT2D eigenvalue weighted by molar-refractivity contribution is 0.355. The summed E-state index contributed by atoms with van der Waals surface area (Å²) in [6.07, 6.45) is 2.50. The van der Waals surface area contributed by atoms with Crippen LogP contribution in [0.15, 0.2) is 82.6 Å². The van der Waals surface area contributed by atoms with Crippen LogP contribution in [0.4, 0.5) is 0 Å². The highest BCUT2D eigenvalue weighted by molar-refractivity contribution is 7.90. The van der Waals surface area contributed by atoms with E-state index in [4.69, 9.17) is 0 Å². The highest BCUT2D eigenvalue weighted by Crippen LogP contribution is 2.55. The topological polar surface area (TPSA) is 92.3 Å². The van der Waals surface area contributed by atoms with E-state index >= 15 is 0 Å². The lowest BCUT2D eigenvalue weighted by Crippen LogP contribution is -2.39. The summed E-state index contributed by atoms with van der Waals surface area (Å²) in [5.74, 6) is 0.511. The summed E-state index contributed by atoms with van der Waals surface area (Å²) >= 11 is 0. The van der Waals surface area contributed by atoms with Gasteiger partial charge >= 0.3 is 0 Å². The Balaban J connectivity index is 1.26. The van der Waals surface area contributed by atoms with Gasteiger partial charge in [0.1, 0.15) is 0 Å². The third-order valence-corrected chi connectivity index (χ3v) is 10.2. The van der Waals surface area contributed by atoms with Crippen LogP contribution < -0.4 is 9.44 Å². The average molecular weight is 495 g/mol. The van der Waals surface area contributed by atoms with Crippen molar-refractivity contribution in [2.75, 3.05) is 6.54 Å². The number of rotatable bonds is 7. The van der Waals surface area contributed by atoms with Gasteiger partial charge in [0.25, 0.3) is 0 Å². The Kier molecular flexibility index (Phi) is 5.18. The van der Waals surface area contributed by atoms with E-state index in [2.05, 4.69) is 45.8 Å². The van der Waals surface area contributed by atoms with Gasteiger partial charge in [-0.25, -0.2) is 26.3 Å². The molecular formula is C26H26N2O4S2. The Morgan fingerprint density at radius 2 is 1.26 bits per heavy atom. The molecule has 7 rings (SSSR count). The molecule has 1 fully saturated rings. The van der Waals surface area contributed by atoms with Crippen molar-refractivity contribution in [3.05, 3.63) is 95.1 Å². The van der Waals surface area contributed by atoms with E-state index in [-0.39, 0.29) is 33.6 Å². The van der Waals surface area contributed by atoms with Crippen molar-refractivity contribution in [3.63, 3.8) is 0 Å². The maximum Gasteiger partial charge on any atom is 0.240 e. The number of hydrogen-bond acceptors (Lipinski definition) is 4. The van der Waals surface area contributed by atoms with E-state index in [1.807, 2.05) is 12.1 Å². The minimum atomic E-state index is -3.87. The Morgan fingerprint density at radius 3 is 1.85 bits per heavy atom. The van der Waals surface area contributed by atoms with Crippen LogP contribution in [0, 0.1) is 5.92 Å². The monoisotopic (exact) mass is 494 g/mol. The number of sulfonamides is 2. The predicted octanol–water partition coefficient (Wildman–Crippen LogP) is 3.70. The molecule has 0 aromatic heterocycles. The molecular weight excluding hydrogens is 468 g/mol. The first kappa shape index (κ1) is 22.0. The van der Waals surface area contributed by atoms with Gasteiger partial charge in [0, 0.05) is 24.4 Å². The second-order valence-electron chi connectivity index (χ2n) is 9.51. The Bertz CT molecular complexity index is 1430. The van der Waals surface area contributed by atoms with Crippen molar-refractivity contribution in [3.8, 4) is 0 Å². The molecule has 1 saturated carbocycles. The molecule has 3 aromatic carbocycles. The van der Waals surface area contributed by atoms with Crippen molar-refractivity contribution in [1.82, 2.24) is 9.44 Å². The molecule has 3 aromatic rings. The van der Waals surface area contributed by atoms with Gasteiger partial charge in [0.2, 0.25) is 20.0 Å². The predicted molar refractivity (Wildman–Crippen MR) is 130 cm³/mol. The molecule has 0 saturated heterocycles. The van der Waals surface area contributed by atoms with E-state index in [9.17, 15) is 16.8 Å². The highest BCUT2D eigenvalue weighted by Gasteiger charge is 2.43. The van der Waals surface area contributed by atoms with Crippen molar-refractivity contribution < 1.29 is 16.8 Å². The normalized spacial score (nSPS) is 23.4. The largest absolute Gasteiger partial charge is 0.240 e. The van der Waals surface area contributed by atoms with Crippen LogP contribution in [0.3, 0.4) is 0 Å². The lowest BCUT2D eigenvalue weighted by Gasteiger charge is -2.45. The van der Waals surface area contributed by atoms with Crippen LogP contribution in [0.5, 0.6) is 0 Å². The molecule has 34 heavy (non-hydrogen) atoms.